The Hall–Kier alpha value is -1.34. The van der Waals surface area contributed by atoms with Gasteiger partial charge >= 0.3 is 0 Å². The quantitative estimate of drug-likeness (QED) is 0.224. The molecule has 0 atom stereocenters. The van der Waals surface area contributed by atoms with Crippen LogP contribution in [-0.2, 0) is 32.3 Å². The smallest absolute Gasteiger partial charge is 0 e. The van der Waals surface area contributed by atoms with E-state index in [1.165, 1.54) is 27.5 Å². The van der Waals surface area contributed by atoms with Crippen molar-refractivity contribution in [1.82, 2.24) is 0 Å². The summed E-state index contributed by atoms with van der Waals surface area (Å²) in [5, 5.41) is 2.68. The van der Waals surface area contributed by atoms with Crippen LogP contribution in [-0.4, -0.2) is 0 Å². The molecule has 1 aliphatic carbocycles. The molecular formula is C26H35Hf-7. The van der Waals surface area contributed by atoms with Gasteiger partial charge in [-0.3, -0.25) is 6.08 Å². The van der Waals surface area contributed by atoms with Crippen molar-refractivity contribution in [3.63, 3.8) is 0 Å². The van der Waals surface area contributed by atoms with Crippen LogP contribution in [0.25, 0.3) is 16.3 Å². The minimum Gasteiger partial charge on any atom is -0.358 e. The molecule has 4 rings (SSSR count). The van der Waals surface area contributed by atoms with Gasteiger partial charge in [-0.2, -0.15) is 23.8 Å². The van der Waals surface area contributed by atoms with E-state index >= 15 is 0 Å². The van der Waals surface area contributed by atoms with Crippen molar-refractivity contribution < 1.29 is 25.8 Å². The van der Waals surface area contributed by atoms with E-state index in [0.717, 1.165) is 6.42 Å². The van der Waals surface area contributed by atoms with Gasteiger partial charge in [0.25, 0.3) is 0 Å². The summed E-state index contributed by atoms with van der Waals surface area (Å²) in [6.45, 7) is 4.49. The van der Waals surface area contributed by atoms with E-state index in [9.17, 15) is 0 Å². The Morgan fingerprint density at radius 2 is 1.33 bits per heavy atom. The molecule has 1 aliphatic rings. The predicted octanol–water partition coefficient (Wildman–Crippen LogP) is 7.89. The third-order valence-corrected chi connectivity index (χ3v) is 3.86. The number of hydrogen-bond acceptors (Lipinski definition) is 0. The van der Waals surface area contributed by atoms with Crippen molar-refractivity contribution in [2.75, 3.05) is 0 Å². The minimum atomic E-state index is 0. The van der Waals surface area contributed by atoms with Gasteiger partial charge in [0.1, 0.15) is 0 Å². The third-order valence-electron chi connectivity index (χ3n) is 3.86. The molecule has 3 aromatic rings. The molecule has 0 fully saturated rings. The van der Waals surface area contributed by atoms with Crippen molar-refractivity contribution in [1.29, 1.82) is 0 Å². The Morgan fingerprint density at radius 1 is 0.815 bits per heavy atom. The monoisotopic (exact) mass is 527 g/mol. The molecule has 3 aromatic carbocycles. The Bertz CT molecular complexity index is 732. The average molecular weight is 526 g/mol. The van der Waals surface area contributed by atoms with E-state index in [0.29, 0.717) is 5.92 Å². The molecule has 27 heavy (non-hydrogen) atoms. The van der Waals surface area contributed by atoms with Gasteiger partial charge in [-0.1, -0.05) is 50.1 Å². The zero-order valence-corrected chi connectivity index (χ0v) is 21.7. The molecule has 0 unspecified atom stereocenters. The van der Waals surface area contributed by atoms with Crippen LogP contribution in [0.3, 0.4) is 0 Å². The van der Waals surface area contributed by atoms with Gasteiger partial charge in [0, 0.05) is 25.8 Å². The van der Waals surface area contributed by atoms with Gasteiger partial charge in [0.2, 0.25) is 0 Å². The van der Waals surface area contributed by atoms with Gasteiger partial charge in [-0.25, -0.2) is 17.7 Å². The van der Waals surface area contributed by atoms with Gasteiger partial charge in [-0.05, 0) is 10.8 Å². The summed E-state index contributed by atoms with van der Waals surface area (Å²) >= 11 is 0. The van der Waals surface area contributed by atoms with Crippen LogP contribution in [0, 0.1) is 49.1 Å². The molecule has 0 heterocycles. The summed E-state index contributed by atoms with van der Waals surface area (Å²) in [6, 6.07) is 23.2. The molecule has 0 nitrogen and oxygen atoms in total. The standard InChI is InChI=1S/C16H15.C5H5.5CH3.Hf/c1-11(2)15-8-7-14-9-12-5-3-4-6-13(12)10-16(14)15;1-2-4-5-3-1;;;;;;/h3-6,9-11H,7H2,1-2H3;1-5H;5*1H3;/q7*-1;. The predicted molar refractivity (Wildman–Crippen MR) is 123 cm³/mol. The van der Waals surface area contributed by atoms with E-state index < -0.39 is 0 Å². The summed E-state index contributed by atoms with van der Waals surface area (Å²) in [6.07, 6.45) is 4.49. The van der Waals surface area contributed by atoms with Crippen molar-refractivity contribution in [2.45, 2.75) is 20.3 Å². The first kappa shape index (κ1) is 33.3. The largest absolute Gasteiger partial charge is 0.358 e. The van der Waals surface area contributed by atoms with E-state index in [1.54, 1.807) is 0 Å². The van der Waals surface area contributed by atoms with Crippen LogP contribution in [0.15, 0.2) is 66.7 Å². The van der Waals surface area contributed by atoms with E-state index in [-0.39, 0.29) is 63.0 Å². The Kier molecular flexibility index (Phi) is 19.3. The van der Waals surface area contributed by atoms with Crippen LogP contribution in [0.2, 0.25) is 0 Å². The second-order valence-corrected chi connectivity index (χ2v) is 5.74. The summed E-state index contributed by atoms with van der Waals surface area (Å²) in [7, 11) is 0. The van der Waals surface area contributed by atoms with Crippen LogP contribution < -0.4 is 0 Å². The molecule has 0 N–H and O–H groups in total. The van der Waals surface area contributed by atoms with Crippen LogP contribution in [0.5, 0.6) is 0 Å². The third kappa shape index (κ3) is 8.05. The van der Waals surface area contributed by atoms with Crippen LogP contribution >= 0.6 is 0 Å². The first-order valence-corrected chi connectivity index (χ1v) is 7.55. The second-order valence-electron chi connectivity index (χ2n) is 5.74. The number of allylic oxidation sites excluding steroid dienone is 2. The molecule has 0 saturated carbocycles. The molecule has 1 heteroatoms. The maximum absolute atomic E-state index is 3.51. The van der Waals surface area contributed by atoms with Crippen LogP contribution in [0.4, 0.5) is 0 Å². The van der Waals surface area contributed by atoms with Gasteiger partial charge in [-0.15, -0.1) is 18.1 Å². The fraction of sp³-hybridized carbons (Fsp3) is 0.154. The second kappa shape index (κ2) is 15.7. The molecule has 0 radical (unpaired) electrons. The first-order chi connectivity index (χ1) is 10.3. The minimum absolute atomic E-state index is 0. The Morgan fingerprint density at radius 3 is 1.78 bits per heavy atom. The topological polar surface area (TPSA) is 0 Å². The van der Waals surface area contributed by atoms with Crippen molar-refractivity contribution >= 4 is 16.3 Å². The maximum Gasteiger partial charge on any atom is 0 e. The summed E-state index contributed by atoms with van der Waals surface area (Å²) < 4.78 is 0. The van der Waals surface area contributed by atoms with E-state index in [2.05, 4.69) is 56.3 Å². The molecular weight excluding hydrogens is 491 g/mol. The fourth-order valence-electron chi connectivity index (χ4n) is 2.81. The Labute approximate surface area is 188 Å². The van der Waals surface area contributed by atoms with Gasteiger partial charge in [0.05, 0.1) is 0 Å². The van der Waals surface area contributed by atoms with Gasteiger partial charge < -0.3 is 37.1 Å². The van der Waals surface area contributed by atoms with Gasteiger partial charge in [0.15, 0.2) is 0 Å². The normalized spacial score (nSPS) is 9.96. The number of rotatable bonds is 1. The summed E-state index contributed by atoms with van der Waals surface area (Å²) in [5.41, 5.74) is 4.23. The zero-order valence-electron chi connectivity index (χ0n) is 18.1. The average Bonchev–Trinajstić information content (AvgIpc) is 3.17. The molecule has 0 saturated heterocycles. The molecule has 0 bridgehead atoms. The fourth-order valence-corrected chi connectivity index (χ4v) is 2.81. The number of fused-ring (bicyclic) bond motifs is 2. The molecule has 0 amide bonds. The van der Waals surface area contributed by atoms with Crippen molar-refractivity contribution in [3.8, 4) is 0 Å². The molecule has 0 aliphatic heterocycles. The van der Waals surface area contributed by atoms with E-state index in [4.69, 9.17) is 0 Å². The summed E-state index contributed by atoms with van der Waals surface area (Å²) in [4.78, 5) is 0. The first-order valence-electron chi connectivity index (χ1n) is 7.55. The summed E-state index contributed by atoms with van der Waals surface area (Å²) in [5.74, 6) is 0.572. The molecule has 150 valence electrons. The maximum atomic E-state index is 3.51. The van der Waals surface area contributed by atoms with Crippen molar-refractivity contribution in [3.05, 3.63) is 121 Å². The van der Waals surface area contributed by atoms with E-state index in [1.807, 2.05) is 30.3 Å². The SMILES string of the molecule is CC(C)C1=[C-]Cc2cc3ccccc3cc21.[CH3-].[CH3-].[CH3-].[CH3-].[CH3-].[Hf].c1cc[cH-]c1. The molecule has 0 aromatic heterocycles. The van der Waals surface area contributed by atoms with Crippen molar-refractivity contribution in [2.24, 2.45) is 5.92 Å². The Balaban J connectivity index is -0.000000214. The zero-order chi connectivity index (χ0) is 14.7. The molecule has 0 spiro atoms. The van der Waals surface area contributed by atoms with Crippen LogP contribution in [0.1, 0.15) is 25.0 Å². The number of hydrogen-bond donors (Lipinski definition) is 0. The number of benzene rings is 2.